The summed E-state index contributed by atoms with van der Waals surface area (Å²) in [5, 5.41) is 0. The van der Waals surface area contributed by atoms with Crippen LogP contribution in [0.15, 0.2) is 23.1 Å². The van der Waals surface area contributed by atoms with Crippen molar-refractivity contribution in [2.45, 2.75) is 11.8 Å². The van der Waals surface area contributed by atoms with E-state index < -0.39 is 20.0 Å². The van der Waals surface area contributed by atoms with Crippen molar-refractivity contribution in [3.05, 3.63) is 23.8 Å². The van der Waals surface area contributed by atoms with Gasteiger partial charge in [-0.3, -0.25) is 0 Å². The number of rotatable bonds is 3. The van der Waals surface area contributed by atoms with E-state index in [1.165, 1.54) is 14.7 Å². The zero-order valence-corrected chi connectivity index (χ0v) is 13.6. The number of nitrogens with zero attached hydrogens (tertiary/aromatic N) is 2. The third-order valence-electron chi connectivity index (χ3n) is 3.50. The molecule has 1 heterocycles. The fourth-order valence-electron chi connectivity index (χ4n) is 2.28. The first-order valence-corrected chi connectivity index (χ1v) is 9.72. The lowest BCUT2D eigenvalue weighted by atomic mass is 10.2. The summed E-state index contributed by atoms with van der Waals surface area (Å²) >= 11 is 0. The third kappa shape index (κ3) is 3.37. The molecule has 7 nitrogen and oxygen atoms in total. The molecule has 0 bridgehead atoms. The minimum atomic E-state index is -3.65. The molecule has 0 amide bonds. The zero-order chi connectivity index (χ0) is 15.8. The molecule has 2 N–H and O–H groups in total. The maximum Gasteiger partial charge on any atom is 0.243 e. The van der Waals surface area contributed by atoms with Gasteiger partial charge in [0.2, 0.25) is 20.0 Å². The van der Waals surface area contributed by atoms with Crippen molar-refractivity contribution in [2.24, 2.45) is 0 Å². The Labute approximate surface area is 125 Å². The second-order valence-corrected chi connectivity index (χ2v) is 8.98. The van der Waals surface area contributed by atoms with Crippen molar-refractivity contribution in [3.8, 4) is 0 Å². The van der Waals surface area contributed by atoms with Gasteiger partial charge in [0.1, 0.15) is 0 Å². The number of aryl methyl sites for hydroxylation is 1. The van der Waals surface area contributed by atoms with Crippen molar-refractivity contribution in [1.29, 1.82) is 0 Å². The second kappa shape index (κ2) is 5.56. The molecule has 1 fully saturated rings. The molecule has 1 aliphatic heterocycles. The van der Waals surface area contributed by atoms with Crippen LogP contribution in [0.3, 0.4) is 0 Å². The molecule has 0 spiro atoms. The number of nitrogens with two attached hydrogens (primary N) is 1. The van der Waals surface area contributed by atoms with Gasteiger partial charge in [0, 0.05) is 31.9 Å². The molecule has 0 aliphatic carbocycles. The standard InChI is InChI=1S/C12H19N3O4S2/c1-10-3-4-11(13)9-12(10)21(18,19)15-7-5-14(6-8-15)20(2,16)17/h3-4,9H,5-8,13H2,1-2H3. The smallest absolute Gasteiger partial charge is 0.243 e. The molecule has 21 heavy (non-hydrogen) atoms. The van der Waals surface area contributed by atoms with Crippen LogP contribution in [0.4, 0.5) is 5.69 Å². The van der Waals surface area contributed by atoms with Crippen LogP contribution >= 0.6 is 0 Å². The molecule has 1 aromatic rings. The summed E-state index contributed by atoms with van der Waals surface area (Å²) in [5.74, 6) is 0. The van der Waals surface area contributed by atoms with Gasteiger partial charge in [0.05, 0.1) is 11.2 Å². The van der Waals surface area contributed by atoms with Gasteiger partial charge in [-0.15, -0.1) is 0 Å². The number of benzene rings is 1. The van der Waals surface area contributed by atoms with E-state index in [9.17, 15) is 16.8 Å². The van der Waals surface area contributed by atoms with Gasteiger partial charge in [0.15, 0.2) is 0 Å². The molecule has 0 radical (unpaired) electrons. The Kier molecular flexibility index (Phi) is 4.29. The van der Waals surface area contributed by atoms with Crippen molar-refractivity contribution < 1.29 is 16.8 Å². The highest BCUT2D eigenvalue weighted by atomic mass is 32.2. The van der Waals surface area contributed by atoms with E-state index in [1.807, 2.05) is 0 Å². The predicted octanol–water partition coefficient (Wildman–Crippen LogP) is -0.157. The minimum absolute atomic E-state index is 0.143. The molecule has 1 saturated heterocycles. The Balaban J connectivity index is 2.25. The maximum atomic E-state index is 12.6. The molecule has 1 aromatic carbocycles. The summed E-state index contributed by atoms with van der Waals surface area (Å²) in [6.45, 7) is 2.32. The summed E-state index contributed by atoms with van der Waals surface area (Å²) in [6.07, 6.45) is 1.12. The normalized spacial score (nSPS) is 18.8. The summed E-state index contributed by atoms with van der Waals surface area (Å²) in [6, 6.07) is 4.75. The molecule has 118 valence electrons. The molecular weight excluding hydrogens is 314 g/mol. The van der Waals surface area contributed by atoms with Gasteiger partial charge in [-0.1, -0.05) is 6.07 Å². The lowest BCUT2D eigenvalue weighted by molar-refractivity contribution is 0.274. The molecule has 1 aliphatic rings. The maximum absolute atomic E-state index is 12.6. The topological polar surface area (TPSA) is 101 Å². The number of piperazine rings is 1. The van der Waals surface area contributed by atoms with Crippen LogP contribution < -0.4 is 5.73 Å². The van der Waals surface area contributed by atoms with Crippen LogP contribution in [-0.2, 0) is 20.0 Å². The van der Waals surface area contributed by atoms with E-state index in [1.54, 1.807) is 19.1 Å². The Hall–Kier alpha value is -1.16. The average molecular weight is 333 g/mol. The first kappa shape index (κ1) is 16.2. The fraction of sp³-hybridized carbons (Fsp3) is 0.500. The van der Waals surface area contributed by atoms with E-state index in [0.29, 0.717) is 11.3 Å². The van der Waals surface area contributed by atoms with Gasteiger partial charge in [0.25, 0.3) is 0 Å². The molecule has 0 unspecified atom stereocenters. The first-order chi connectivity index (χ1) is 9.62. The number of sulfonamides is 2. The van der Waals surface area contributed by atoms with Crippen molar-refractivity contribution in [3.63, 3.8) is 0 Å². The summed E-state index contributed by atoms with van der Waals surface area (Å²) < 4.78 is 50.7. The lowest BCUT2D eigenvalue weighted by Gasteiger charge is -2.32. The summed E-state index contributed by atoms with van der Waals surface area (Å²) in [5.41, 5.74) is 6.67. The van der Waals surface area contributed by atoms with Crippen LogP contribution in [0.1, 0.15) is 5.56 Å². The van der Waals surface area contributed by atoms with Crippen molar-refractivity contribution >= 4 is 25.7 Å². The SMILES string of the molecule is Cc1ccc(N)cc1S(=O)(=O)N1CCN(S(C)(=O)=O)CC1. The van der Waals surface area contributed by atoms with Crippen LogP contribution in [0.2, 0.25) is 0 Å². The van der Waals surface area contributed by atoms with Gasteiger partial charge < -0.3 is 5.73 Å². The average Bonchev–Trinajstić information content (AvgIpc) is 2.40. The number of hydrogen-bond donors (Lipinski definition) is 1. The van der Waals surface area contributed by atoms with E-state index in [2.05, 4.69) is 0 Å². The Morgan fingerprint density at radius 3 is 2.05 bits per heavy atom. The third-order valence-corrected chi connectivity index (χ3v) is 6.84. The Morgan fingerprint density at radius 2 is 1.52 bits per heavy atom. The van der Waals surface area contributed by atoms with Gasteiger partial charge in [-0.2, -0.15) is 8.61 Å². The highest BCUT2D eigenvalue weighted by Gasteiger charge is 2.32. The number of anilines is 1. The van der Waals surface area contributed by atoms with Gasteiger partial charge >= 0.3 is 0 Å². The van der Waals surface area contributed by atoms with Crippen molar-refractivity contribution in [2.75, 3.05) is 38.2 Å². The number of nitrogen functional groups attached to an aromatic ring is 1. The van der Waals surface area contributed by atoms with E-state index in [-0.39, 0.29) is 31.1 Å². The van der Waals surface area contributed by atoms with Crippen LogP contribution in [0.25, 0.3) is 0 Å². The van der Waals surface area contributed by atoms with E-state index in [0.717, 1.165) is 6.26 Å². The Morgan fingerprint density at radius 1 is 1.00 bits per heavy atom. The predicted molar refractivity (Wildman–Crippen MR) is 80.8 cm³/mol. The lowest BCUT2D eigenvalue weighted by Crippen LogP contribution is -2.50. The summed E-state index contributed by atoms with van der Waals surface area (Å²) in [7, 11) is -6.93. The monoisotopic (exact) mass is 333 g/mol. The highest BCUT2D eigenvalue weighted by molar-refractivity contribution is 7.89. The Bertz CT molecular complexity index is 736. The van der Waals surface area contributed by atoms with Crippen LogP contribution in [0.5, 0.6) is 0 Å². The van der Waals surface area contributed by atoms with Gasteiger partial charge in [-0.25, -0.2) is 16.8 Å². The second-order valence-electron chi connectivity index (χ2n) is 5.09. The number of hydrogen-bond acceptors (Lipinski definition) is 5. The summed E-state index contributed by atoms with van der Waals surface area (Å²) in [4.78, 5) is 0.176. The molecule has 0 saturated carbocycles. The molecule has 0 aromatic heterocycles. The molecule has 9 heteroatoms. The molecule has 2 rings (SSSR count). The fourth-order valence-corrected chi connectivity index (χ4v) is 4.78. The van der Waals surface area contributed by atoms with Gasteiger partial charge in [-0.05, 0) is 24.6 Å². The van der Waals surface area contributed by atoms with Crippen LogP contribution in [-0.4, -0.2) is 57.9 Å². The van der Waals surface area contributed by atoms with E-state index in [4.69, 9.17) is 5.73 Å². The minimum Gasteiger partial charge on any atom is -0.399 e. The highest BCUT2D eigenvalue weighted by Crippen LogP contribution is 2.23. The van der Waals surface area contributed by atoms with Crippen molar-refractivity contribution in [1.82, 2.24) is 8.61 Å². The molecule has 0 atom stereocenters. The first-order valence-electron chi connectivity index (χ1n) is 6.44. The largest absolute Gasteiger partial charge is 0.399 e. The quantitative estimate of drug-likeness (QED) is 0.775. The zero-order valence-electron chi connectivity index (χ0n) is 12.0. The molecular formula is C12H19N3O4S2. The van der Waals surface area contributed by atoms with E-state index >= 15 is 0 Å². The van der Waals surface area contributed by atoms with Crippen LogP contribution in [0, 0.1) is 6.92 Å².